The van der Waals surface area contributed by atoms with Crippen molar-refractivity contribution in [3.63, 3.8) is 0 Å². The van der Waals surface area contributed by atoms with Gasteiger partial charge in [-0.1, -0.05) is 23.4 Å². The van der Waals surface area contributed by atoms with Crippen molar-refractivity contribution in [2.45, 2.75) is 13.8 Å². The Morgan fingerprint density at radius 3 is 2.71 bits per heavy atom. The van der Waals surface area contributed by atoms with Crippen molar-refractivity contribution in [2.24, 2.45) is 0 Å². The monoisotopic (exact) mass is 281 g/mol. The molecule has 0 aliphatic rings. The molecule has 2 heterocycles. The van der Waals surface area contributed by atoms with Crippen LogP contribution in [0.3, 0.4) is 0 Å². The number of nitrogens with zero attached hydrogens (tertiary/aromatic N) is 1. The molecule has 0 aliphatic heterocycles. The van der Waals surface area contributed by atoms with E-state index in [1.165, 1.54) is 11.6 Å². The molecule has 0 aliphatic carbocycles. The van der Waals surface area contributed by atoms with Gasteiger partial charge in [-0.25, -0.2) is 0 Å². The Balaban J connectivity index is 2.25. The SMILES string of the molecule is Cc1ccc(-c2c(N)noc2-c2c[nH]ccc2=O)cc1C. The van der Waals surface area contributed by atoms with Crippen LogP contribution >= 0.6 is 0 Å². The molecule has 3 aromatic rings. The van der Waals surface area contributed by atoms with Gasteiger partial charge >= 0.3 is 0 Å². The average molecular weight is 281 g/mol. The molecular weight excluding hydrogens is 266 g/mol. The van der Waals surface area contributed by atoms with Gasteiger partial charge in [0, 0.05) is 18.5 Å². The zero-order valence-electron chi connectivity index (χ0n) is 11.8. The maximum Gasteiger partial charge on any atom is 0.192 e. The Labute approximate surface area is 121 Å². The molecule has 3 N–H and O–H groups in total. The fourth-order valence-electron chi connectivity index (χ4n) is 2.26. The van der Waals surface area contributed by atoms with Crippen molar-refractivity contribution >= 4 is 5.82 Å². The van der Waals surface area contributed by atoms with Gasteiger partial charge in [0.05, 0.1) is 11.1 Å². The van der Waals surface area contributed by atoms with Crippen LogP contribution in [0, 0.1) is 13.8 Å². The Hall–Kier alpha value is -2.82. The molecule has 5 nitrogen and oxygen atoms in total. The van der Waals surface area contributed by atoms with Gasteiger partial charge in [-0.15, -0.1) is 0 Å². The fraction of sp³-hybridized carbons (Fsp3) is 0.125. The van der Waals surface area contributed by atoms with Crippen molar-refractivity contribution < 1.29 is 4.52 Å². The molecule has 0 saturated heterocycles. The molecule has 0 radical (unpaired) electrons. The smallest absolute Gasteiger partial charge is 0.192 e. The van der Waals surface area contributed by atoms with Crippen LogP contribution in [-0.4, -0.2) is 10.1 Å². The second kappa shape index (κ2) is 4.94. The molecule has 1 aromatic carbocycles. The molecular formula is C16H15N3O2. The minimum absolute atomic E-state index is 0.144. The number of nitrogen functional groups attached to an aromatic ring is 1. The summed E-state index contributed by atoms with van der Waals surface area (Å²) in [5, 5.41) is 3.81. The van der Waals surface area contributed by atoms with Gasteiger partial charge in [0.1, 0.15) is 0 Å². The second-order valence-corrected chi connectivity index (χ2v) is 4.99. The number of pyridine rings is 1. The van der Waals surface area contributed by atoms with Crippen LogP contribution in [0.15, 0.2) is 46.0 Å². The summed E-state index contributed by atoms with van der Waals surface area (Å²) in [6.45, 7) is 4.07. The Morgan fingerprint density at radius 2 is 2.00 bits per heavy atom. The third-order valence-electron chi connectivity index (χ3n) is 3.58. The number of hydrogen-bond donors (Lipinski definition) is 2. The summed E-state index contributed by atoms with van der Waals surface area (Å²) < 4.78 is 5.29. The van der Waals surface area contributed by atoms with Crippen molar-refractivity contribution in [2.75, 3.05) is 5.73 Å². The highest BCUT2D eigenvalue weighted by Crippen LogP contribution is 2.35. The first kappa shape index (κ1) is 13.2. The molecule has 5 heteroatoms. The number of nitrogens with two attached hydrogens (primary N) is 1. The molecule has 0 bridgehead atoms. The van der Waals surface area contributed by atoms with E-state index in [0.717, 1.165) is 11.1 Å². The number of aromatic amines is 1. The zero-order chi connectivity index (χ0) is 15.0. The predicted octanol–water partition coefficient (Wildman–Crippen LogP) is 2.90. The molecule has 0 spiro atoms. The highest BCUT2D eigenvalue weighted by atomic mass is 16.5. The number of nitrogens with one attached hydrogen (secondary N) is 1. The zero-order valence-corrected chi connectivity index (χ0v) is 11.8. The van der Waals surface area contributed by atoms with E-state index >= 15 is 0 Å². The van der Waals surface area contributed by atoms with Crippen LogP contribution in [0.2, 0.25) is 0 Å². The fourth-order valence-corrected chi connectivity index (χ4v) is 2.26. The first-order chi connectivity index (χ1) is 10.1. The molecule has 0 unspecified atom stereocenters. The quantitative estimate of drug-likeness (QED) is 0.756. The molecule has 106 valence electrons. The molecule has 0 atom stereocenters. The standard InChI is InChI=1S/C16H15N3O2/c1-9-3-4-11(7-10(9)2)14-15(21-19-16(14)17)12-8-18-6-5-13(12)20/h3-8H,1-2H3,(H2,17,19)(H,18,20). The largest absolute Gasteiger partial charge is 0.380 e. The number of aromatic nitrogens is 2. The van der Waals surface area contributed by atoms with Crippen molar-refractivity contribution in [3.05, 3.63) is 58.0 Å². The Bertz CT molecular complexity index is 862. The lowest BCUT2D eigenvalue weighted by Crippen LogP contribution is -2.03. The lowest BCUT2D eigenvalue weighted by atomic mass is 9.98. The molecule has 21 heavy (non-hydrogen) atoms. The number of aryl methyl sites for hydroxylation is 2. The number of H-pyrrole nitrogens is 1. The summed E-state index contributed by atoms with van der Waals surface area (Å²) >= 11 is 0. The maximum absolute atomic E-state index is 12.0. The molecule has 3 rings (SSSR count). The van der Waals surface area contributed by atoms with Gasteiger partial charge < -0.3 is 15.2 Å². The van der Waals surface area contributed by atoms with Crippen molar-refractivity contribution in [1.29, 1.82) is 0 Å². The first-order valence-corrected chi connectivity index (χ1v) is 6.58. The van der Waals surface area contributed by atoms with E-state index in [4.69, 9.17) is 10.3 Å². The summed E-state index contributed by atoms with van der Waals surface area (Å²) in [5.41, 5.74) is 10.1. The van der Waals surface area contributed by atoms with E-state index in [1.807, 2.05) is 32.0 Å². The van der Waals surface area contributed by atoms with Gasteiger partial charge in [-0.3, -0.25) is 4.79 Å². The van der Waals surface area contributed by atoms with Crippen LogP contribution in [0.25, 0.3) is 22.5 Å². The molecule has 2 aromatic heterocycles. The van der Waals surface area contributed by atoms with Crippen LogP contribution < -0.4 is 11.2 Å². The average Bonchev–Trinajstić information content (AvgIpc) is 2.84. The summed E-state index contributed by atoms with van der Waals surface area (Å²) in [6, 6.07) is 7.42. The molecule has 0 saturated carbocycles. The van der Waals surface area contributed by atoms with Crippen LogP contribution in [0.1, 0.15) is 11.1 Å². The molecule has 0 amide bonds. The predicted molar refractivity (Wildman–Crippen MR) is 81.9 cm³/mol. The van der Waals surface area contributed by atoms with E-state index in [0.29, 0.717) is 16.9 Å². The first-order valence-electron chi connectivity index (χ1n) is 6.58. The van der Waals surface area contributed by atoms with Crippen molar-refractivity contribution in [1.82, 2.24) is 10.1 Å². The second-order valence-electron chi connectivity index (χ2n) is 4.99. The third kappa shape index (κ3) is 2.23. The minimum atomic E-state index is -0.144. The topological polar surface area (TPSA) is 84.9 Å². The lowest BCUT2D eigenvalue weighted by Gasteiger charge is -2.05. The lowest BCUT2D eigenvalue weighted by molar-refractivity contribution is 0.435. The summed E-state index contributed by atoms with van der Waals surface area (Å²) in [4.78, 5) is 14.9. The van der Waals surface area contributed by atoms with Gasteiger partial charge in [0.25, 0.3) is 0 Å². The van der Waals surface area contributed by atoms with Crippen LogP contribution in [0.5, 0.6) is 0 Å². The van der Waals surface area contributed by atoms with Crippen molar-refractivity contribution in [3.8, 4) is 22.5 Å². The highest BCUT2D eigenvalue weighted by Gasteiger charge is 2.19. The van der Waals surface area contributed by atoms with Gasteiger partial charge in [-0.05, 0) is 30.5 Å². The minimum Gasteiger partial charge on any atom is -0.380 e. The maximum atomic E-state index is 12.0. The summed E-state index contributed by atoms with van der Waals surface area (Å²) in [5.74, 6) is 0.661. The third-order valence-corrected chi connectivity index (χ3v) is 3.58. The number of anilines is 1. The van der Waals surface area contributed by atoms with Crippen LogP contribution in [0.4, 0.5) is 5.82 Å². The van der Waals surface area contributed by atoms with Gasteiger partial charge in [-0.2, -0.15) is 0 Å². The number of benzene rings is 1. The van der Waals surface area contributed by atoms with E-state index in [1.54, 1.807) is 12.4 Å². The van der Waals surface area contributed by atoms with E-state index in [-0.39, 0.29) is 11.2 Å². The normalized spacial score (nSPS) is 10.8. The highest BCUT2D eigenvalue weighted by molar-refractivity contribution is 5.86. The number of rotatable bonds is 2. The van der Waals surface area contributed by atoms with E-state index < -0.39 is 0 Å². The summed E-state index contributed by atoms with van der Waals surface area (Å²) in [7, 11) is 0. The number of hydrogen-bond acceptors (Lipinski definition) is 4. The van der Waals surface area contributed by atoms with Gasteiger partial charge in [0.2, 0.25) is 0 Å². The van der Waals surface area contributed by atoms with E-state index in [9.17, 15) is 4.79 Å². The van der Waals surface area contributed by atoms with Gasteiger partial charge in [0.15, 0.2) is 17.0 Å². The Morgan fingerprint density at radius 1 is 1.19 bits per heavy atom. The van der Waals surface area contributed by atoms with E-state index in [2.05, 4.69) is 10.1 Å². The van der Waals surface area contributed by atoms with Crippen LogP contribution in [-0.2, 0) is 0 Å². The molecule has 0 fully saturated rings. The summed E-state index contributed by atoms with van der Waals surface area (Å²) in [6.07, 6.45) is 3.16. The Kier molecular flexibility index (Phi) is 3.10.